The number of aldehydes is 1. The summed E-state index contributed by atoms with van der Waals surface area (Å²) in [5.41, 5.74) is 0. The third-order valence-electron chi connectivity index (χ3n) is 1.01. The normalized spacial score (nSPS) is 9.18. The van der Waals surface area contributed by atoms with Gasteiger partial charge >= 0.3 is 5.97 Å². The van der Waals surface area contributed by atoms with Crippen molar-refractivity contribution in [1.82, 2.24) is 4.98 Å². The number of aromatic nitrogens is 1. The molecule has 58 valence electrons. The maximum absolute atomic E-state index is 10.7. The van der Waals surface area contributed by atoms with Gasteiger partial charge in [0.1, 0.15) is 0 Å². The Morgan fingerprint density at radius 3 is 3.00 bits per heavy atom. The lowest BCUT2D eigenvalue weighted by atomic mass is 10.5. The number of rotatable bonds is 2. The summed E-state index contributed by atoms with van der Waals surface area (Å²) >= 11 is 0. The van der Waals surface area contributed by atoms with Crippen molar-refractivity contribution < 1.29 is 18.7 Å². The average molecular weight is 155 g/mol. The van der Waals surface area contributed by atoms with E-state index in [1.165, 1.54) is 7.11 Å². The Morgan fingerprint density at radius 2 is 2.55 bits per heavy atom. The summed E-state index contributed by atoms with van der Waals surface area (Å²) in [5, 5.41) is 0. The third-order valence-corrected chi connectivity index (χ3v) is 1.01. The zero-order valence-corrected chi connectivity index (χ0v) is 5.73. The van der Waals surface area contributed by atoms with Gasteiger partial charge in [-0.05, 0) is 0 Å². The lowest BCUT2D eigenvalue weighted by Gasteiger charge is -1.89. The molecule has 0 saturated carbocycles. The highest BCUT2D eigenvalue weighted by atomic mass is 16.5. The molecule has 1 heterocycles. The van der Waals surface area contributed by atoms with Crippen molar-refractivity contribution in [3.8, 4) is 0 Å². The average Bonchev–Trinajstić information content (AvgIpc) is 2.50. The van der Waals surface area contributed by atoms with Gasteiger partial charge in [0.05, 0.1) is 13.3 Å². The molecule has 0 N–H and O–H groups in total. The van der Waals surface area contributed by atoms with Gasteiger partial charge in [-0.25, -0.2) is 9.78 Å². The minimum atomic E-state index is -0.648. The highest BCUT2D eigenvalue weighted by Gasteiger charge is 2.11. The first-order chi connectivity index (χ1) is 5.27. The molecule has 0 amide bonds. The van der Waals surface area contributed by atoms with Crippen molar-refractivity contribution in [3.63, 3.8) is 0 Å². The standard InChI is InChI=1S/C6H5NO4/c1-10-6(9)4-2-7-5(3-8)11-4/h2-3H,1H3. The van der Waals surface area contributed by atoms with Crippen LogP contribution >= 0.6 is 0 Å². The van der Waals surface area contributed by atoms with Crippen LogP contribution in [0.5, 0.6) is 0 Å². The molecule has 0 aromatic carbocycles. The quantitative estimate of drug-likeness (QED) is 0.453. The molecule has 0 bridgehead atoms. The lowest BCUT2D eigenvalue weighted by molar-refractivity contribution is 0.0564. The number of carbonyl (C=O) groups is 2. The van der Waals surface area contributed by atoms with Crippen LogP contribution in [0.4, 0.5) is 0 Å². The molecule has 0 atom stereocenters. The van der Waals surface area contributed by atoms with E-state index < -0.39 is 5.97 Å². The van der Waals surface area contributed by atoms with Gasteiger partial charge in [-0.15, -0.1) is 0 Å². The van der Waals surface area contributed by atoms with Crippen LogP contribution in [-0.4, -0.2) is 24.3 Å². The van der Waals surface area contributed by atoms with E-state index in [-0.39, 0.29) is 11.7 Å². The van der Waals surface area contributed by atoms with Crippen LogP contribution in [0.25, 0.3) is 0 Å². The van der Waals surface area contributed by atoms with Crippen molar-refractivity contribution in [1.29, 1.82) is 0 Å². The third kappa shape index (κ3) is 1.43. The van der Waals surface area contributed by atoms with Crippen molar-refractivity contribution in [2.45, 2.75) is 0 Å². The highest BCUT2D eigenvalue weighted by molar-refractivity contribution is 5.86. The van der Waals surface area contributed by atoms with E-state index in [1.54, 1.807) is 0 Å². The van der Waals surface area contributed by atoms with Crippen LogP contribution in [0.15, 0.2) is 10.6 Å². The van der Waals surface area contributed by atoms with Crippen LogP contribution in [0.3, 0.4) is 0 Å². The molecule has 0 aliphatic rings. The molecule has 5 nitrogen and oxygen atoms in total. The Morgan fingerprint density at radius 1 is 1.82 bits per heavy atom. The monoisotopic (exact) mass is 155 g/mol. The van der Waals surface area contributed by atoms with Gasteiger partial charge in [0.25, 0.3) is 5.89 Å². The number of methoxy groups -OCH3 is 1. The minimum absolute atomic E-state index is 0.0744. The van der Waals surface area contributed by atoms with Crippen LogP contribution in [0, 0.1) is 0 Å². The fourth-order valence-electron chi connectivity index (χ4n) is 0.537. The summed E-state index contributed by atoms with van der Waals surface area (Å²) in [5.74, 6) is -0.856. The van der Waals surface area contributed by atoms with Crippen molar-refractivity contribution >= 4 is 12.3 Å². The minimum Gasteiger partial charge on any atom is -0.463 e. The van der Waals surface area contributed by atoms with Gasteiger partial charge in [-0.2, -0.15) is 0 Å². The summed E-state index contributed by atoms with van der Waals surface area (Å²) in [7, 11) is 1.21. The van der Waals surface area contributed by atoms with E-state index in [9.17, 15) is 9.59 Å². The molecule has 0 aliphatic carbocycles. The summed E-state index contributed by atoms with van der Waals surface area (Å²) in [6.45, 7) is 0. The molecule has 11 heavy (non-hydrogen) atoms. The van der Waals surface area contributed by atoms with Gasteiger partial charge < -0.3 is 9.15 Å². The van der Waals surface area contributed by atoms with Crippen LogP contribution in [0.1, 0.15) is 21.2 Å². The van der Waals surface area contributed by atoms with Gasteiger partial charge in [0.2, 0.25) is 12.0 Å². The number of nitrogens with zero attached hydrogens (tertiary/aromatic N) is 1. The van der Waals surface area contributed by atoms with Crippen LogP contribution < -0.4 is 0 Å². The summed E-state index contributed by atoms with van der Waals surface area (Å²) in [4.78, 5) is 24.2. The molecule has 0 spiro atoms. The Kier molecular flexibility index (Phi) is 2.00. The molecular formula is C6H5NO4. The highest BCUT2D eigenvalue weighted by Crippen LogP contribution is 2.02. The molecular weight excluding hydrogens is 150 g/mol. The van der Waals surface area contributed by atoms with Gasteiger partial charge in [-0.3, -0.25) is 4.79 Å². The zero-order chi connectivity index (χ0) is 8.27. The summed E-state index contributed by atoms with van der Waals surface area (Å²) in [6.07, 6.45) is 1.54. The molecule has 5 heteroatoms. The van der Waals surface area contributed by atoms with E-state index in [0.29, 0.717) is 6.29 Å². The van der Waals surface area contributed by atoms with E-state index >= 15 is 0 Å². The van der Waals surface area contributed by atoms with E-state index in [2.05, 4.69) is 14.1 Å². The van der Waals surface area contributed by atoms with Crippen LogP contribution in [0.2, 0.25) is 0 Å². The number of esters is 1. The second kappa shape index (κ2) is 2.96. The van der Waals surface area contributed by atoms with E-state index in [0.717, 1.165) is 6.20 Å². The zero-order valence-electron chi connectivity index (χ0n) is 5.73. The van der Waals surface area contributed by atoms with E-state index in [4.69, 9.17) is 0 Å². The Bertz CT molecular complexity index is 278. The number of oxazole rings is 1. The Hall–Kier alpha value is -1.65. The topological polar surface area (TPSA) is 69.4 Å². The summed E-state index contributed by atoms with van der Waals surface area (Å²) in [6, 6.07) is 0. The maximum atomic E-state index is 10.7. The molecule has 0 unspecified atom stereocenters. The molecule has 1 aromatic rings. The molecule has 0 saturated heterocycles. The van der Waals surface area contributed by atoms with Crippen molar-refractivity contribution in [3.05, 3.63) is 17.8 Å². The van der Waals surface area contributed by atoms with Gasteiger partial charge in [0, 0.05) is 0 Å². The number of hydrogen-bond donors (Lipinski definition) is 0. The second-order valence-electron chi connectivity index (χ2n) is 1.67. The van der Waals surface area contributed by atoms with Gasteiger partial charge in [-0.1, -0.05) is 0 Å². The lowest BCUT2D eigenvalue weighted by Crippen LogP contribution is -1.98. The first kappa shape index (κ1) is 7.46. The second-order valence-corrected chi connectivity index (χ2v) is 1.67. The Balaban J connectivity index is 2.88. The van der Waals surface area contributed by atoms with Crippen LogP contribution in [-0.2, 0) is 4.74 Å². The van der Waals surface area contributed by atoms with Crippen molar-refractivity contribution in [2.24, 2.45) is 0 Å². The summed E-state index contributed by atoms with van der Waals surface area (Å²) < 4.78 is 8.94. The number of carbonyl (C=O) groups excluding carboxylic acids is 2. The fraction of sp³-hybridized carbons (Fsp3) is 0.167. The molecule has 1 aromatic heterocycles. The van der Waals surface area contributed by atoms with Gasteiger partial charge in [0.15, 0.2) is 0 Å². The predicted molar refractivity (Wildman–Crippen MR) is 33.2 cm³/mol. The molecule has 0 fully saturated rings. The predicted octanol–water partition coefficient (Wildman–Crippen LogP) is 0.274. The molecule has 1 rings (SSSR count). The molecule has 0 radical (unpaired) electrons. The first-order valence-corrected chi connectivity index (χ1v) is 2.77. The maximum Gasteiger partial charge on any atom is 0.375 e. The number of hydrogen-bond acceptors (Lipinski definition) is 5. The largest absolute Gasteiger partial charge is 0.463 e. The SMILES string of the molecule is COC(=O)c1cnc(C=O)o1. The smallest absolute Gasteiger partial charge is 0.375 e. The van der Waals surface area contributed by atoms with Crippen molar-refractivity contribution in [2.75, 3.05) is 7.11 Å². The van der Waals surface area contributed by atoms with E-state index in [1.807, 2.05) is 0 Å². The molecule has 0 aliphatic heterocycles. The first-order valence-electron chi connectivity index (χ1n) is 2.77. The fourth-order valence-corrected chi connectivity index (χ4v) is 0.537. The Labute approximate surface area is 62.0 Å². The number of ether oxygens (including phenoxy) is 1.